The Labute approximate surface area is 113 Å². The average molecular weight is 253 g/mol. The van der Waals surface area contributed by atoms with Crippen LogP contribution >= 0.6 is 0 Å². The zero-order valence-electron chi connectivity index (χ0n) is 12.5. The standard InChI is InChI=1S/C16H31NO/c1-15(2)13-8-9-16(15,3)14(12-13)17-10-6-4-5-7-11-18/h13-14,17-18H,4-12H2,1-3H3. The summed E-state index contributed by atoms with van der Waals surface area (Å²) in [5, 5.41) is 12.6. The monoisotopic (exact) mass is 253 g/mol. The van der Waals surface area contributed by atoms with Crippen LogP contribution in [0, 0.1) is 16.7 Å². The SMILES string of the molecule is CC1(C)C2CCC1(C)C(NCCCCCCO)C2. The molecule has 0 aromatic carbocycles. The lowest BCUT2D eigenvalue weighted by molar-refractivity contribution is 0.121. The van der Waals surface area contributed by atoms with E-state index in [1.807, 2.05) is 0 Å². The Kier molecular flexibility index (Phi) is 4.38. The molecule has 0 aliphatic heterocycles. The second-order valence-electron chi connectivity index (χ2n) is 7.25. The van der Waals surface area contributed by atoms with E-state index in [0.717, 1.165) is 24.9 Å². The maximum Gasteiger partial charge on any atom is 0.0431 e. The molecule has 0 aromatic rings. The molecule has 0 aromatic heterocycles. The summed E-state index contributed by atoms with van der Waals surface area (Å²) >= 11 is 0. The minimum Gasteiger partial charge on any atom is -0.396 e. The maximum absolute atomic E-state index is 8.74. The minimum absolute atomic E-state index is 0.351. The van der Waals surface area contributed by atoms with E-state index in [-0.39, 0.29) is 0 Å². The highest BCUT2D eigenvalue weighted by Crippen LogP contribution is 2.65. The highest BCUT2D eigenvalue weighted by atomic mass is 16.2. The predicted octanol–water partition coefficient (Wildman–Crippen LogP) is 3.34. The van der Waals surface area contributed by atoms with Crippen LogP contribution in [-0.2, 0) is 0 Å². The van der Waals surface area contributed by atoms with Gasteiger partial charge in [-0.3, -0.25) is 0 Å². The normalized spacial score (nSPS) is 37.3. The molecule has 2 aliphatic carbocycles. The molecule has 2 nitrogen and oxygen atoms in total. The van der Waals surface area contributed by atoms with Gasteiger partial charge in [0, 0.05) is 12.6 Å². The fourth-order valence-corrected chi connectivity index (χ4v) is 4.38. The molecule has 0 saturated heterocycles. The second kappa shape index (κ2) is 5.50. The molecule has 3 unspecified atom stereocenters. The van der Waals surface area contributed by atoms with Gasteiger partial charge in [-0.2, -0.15) is 0 Å². The van der Waals surface area contributed by atoms with Crippen LogP contribution < -0.4 is 5.32 Å². The largest absolute Gasteiger partial charge is 0.396 e. The van der Waals surface area contributed by atoms with Crippen molar-refractivity contribution in [3.8, 4) is 0 Å². The molecule has 2 bridgehead atoms. The first kappa shape index (κ1) is 14.3. The minimum atomic E-state index is 0.351. The van der Waals surface area contributed by atoms with Gasteiger partial charge in [0.1, 0.15) is 0 Å². The molecule has 3 atom stereocenters. The van der Waals surface area contributed by atoms with E-state index in [0.29, 0.717) is 17.4 Å². The van der Waals surface area contributed by atoms with Gasteiger partial charge in [-0.05, 0) is 55.4 Å². The van der Waals surface area contributed by atoms with Crippen LogP contribution in [0.4, 0.5) is 0 Å². The average Bonchev–Trinajstić information content (AvgIpc) is 2.66. The number of aliphatic hydroxyl groups is 1. The summed E-state index contributed by atoms with van der Waals surface area (Å²) in [6, 6.07) is 0.740. The summed E-state index contributed by atoms with van der Waals surface area (Å²) in [6.07, 6.45) is 8.90. The number of unbranched alkanes of at least 4 members (excludes halogenated alkanes) is 3. The molecule has 106 valence electrons. The van der Waals surface area contributed by atoms with Crippen LogP contribution in [0.3, 0.4) is 0 Å². The zero-order chi connectivity index (χ0) is 13.2. The van der Waals surface area contributed by atoms with Crippen LogP contribution in [0.5, 0.6) is 0 Å². The summed E-state index contributed by atoms with van der Waals surface area (Å²) in [7, 11) is 0. The third-order valence-corrected chi connectivity index (χ3v) is 6.27. The second-order valence-corrected chi connectivity index (χ2v) is 7.25. The Balaban J connectivity index is 1.72. The van der Waals surface area contributed by atoms with Crippen molar-refractivity contribution in [3.05, 3.63) is 0 Å². The third-order valence-electron chi connectivity index (χ3n) is 6.27. The van der Waals surface area contributed by atoms with Gasteiger partial charge in [-0.1, -0.05) is 33.6 Å². The van der Waals surface area contributed by atoms with Gasteiger partial charge in [0.25, 0.3) is 0 Å². The quantitative estimate of drug-likeness (QED) is 0.682. The first-order chi connectivity index (χ1) is 8.52. The lowest BCUT2D eigenvalue weighted by atomic mass is 9.69. The van der Waals surface area contributed by atoms with E-state index in [1.54, 1.807) is 0 Å². The Morgan fingerprint density at radius 1 is 1.11 bits per heavy atom. The summed E-state index contributed by atoms with van der Waals surface area (Å²) in [5.74, 6) is 0.939. The molecule has 0 spiro atoms. The molecule has 2 fully saturated rings. The highest BCUT2D eigenvalue weighted by Gasteiger charge is 2.60. The zero-order valence-corrected chi connectivity index (χ0v) is 12.5. The van der Waals surface area contributed by atoms with Crippen molar-refractivity contribution in [1.82, 2.24) is 5.32 Å². The van der Waals surface area contributed by atoms with E-state index in [4.69, 9.17) is 5.11 Å². The topological polar surface area (TPSA) is 32.3 Å². The number of hydrogen-bond acceptors (Lipinski definition) is 2. The molecule has 2 rings (SSSR count). The number of aliphatic hydroxyl groups excluding tert-OH is 1. The number of fused-ring (bicyclic) bond motifs is 2. The van der Waals surface area contributed by atoms with E-state index in [2.05, 4.69) is 26.1 Å². The van der Waals surface area contributed by atoms with Gasteiger partial charge in [0.2, 0.25) is 0 Å². The fourth-order valence-electron chi connectivity index (χ4n) is 4.38. The molecule has 0 heterocycles. The van der Waals surface area contributed by atoms with Crippen molar-refractivity contribution in [3.63, 3.8) is 0 Å². The van der Waals surface area contributed by atoms with Crippen LogP contribution in [0.2, 0.25) is 0 Å². The number of hydrogen-bond donors (Lipinski definition) is 2. The first-order valence-electron chi connectivity index (χ1n) is 7.86. The number of nitrogens with one attached hydrogen (secondary N) is 1. The first-order valence-corrected chi connectivity index (χ1v) is 7.86. The Bertz CT molecular complexity index is 276. The Morgan fingerprint density at radius 2 is 1.83 bits per heavy atom. The summed E-state index contributed by atoms with van der Waals surface area (Å²) in [4.78, 5) is 0. The van der Waals surface area contributed by atoms with E-state index < -0.39 is 0 Å². The molecule has 2 heteroatoms. The summed E-state index contributed by atoms with van der Waals surface area (Å²) in [5.41, 5.74) is 1.05. The third kappa shape index (κ3) is 2.34. The van der Waals surface area contributed by atoms with Crippen molar-refractivity contribution < 1.29 is 5.11 Å². The van der Waals surface area contributed by atoms with Crippen LogP contribution in [0.25, 0.3) is 0 Å². The highest BCUT2D eigenvalue weighted by molar-refractivity contribution is 5.12. The van der Waals surface area contributed by atoms with Gasteiger partial charge >= 0.3 is 0 Å². The summed E-state index contributed by atoms with van der Waals surface area (Å²) < 4.78 is 0. The molecule has 0 amide bonds. The molecule has 2 aliphatic rings. The molecular formula is C16H31NO. The van der Waals surface area contributed by atoms with E-state index in [9.17, 15) is 0 Å². The van der Waals surface area contributed by atoms with Crippen molar-refractivity contribution in [1.29, 1.82) is 0 Å². The molecule has 18 heavy (non-hydrogen) atoms. The van der Waals surface area contributed by atoms with Crippen molar-refractivity contribution >= 4 is 0 Å². The predicted molar refractivity (Wildman–Crippen MR) is 76.6 cm³/mol. The smallest absolute Gasteiger partial charge is 0.0431 e. The van der Waals surface area contributed by atoms with Gasteiger partial charge < -0.3 is 10.4 Å². The maximum atomic E-state index is 8.74. The van der Waals surface area contributed by atoms with Crippen molar-refractivity contribution in [2.75, 3.05) is 13.2 Å². The van der Waals surface area contributed by atoms with Crippen molar-refractivity contribution in [2.24, 2.45) is 16.7 Å². The van der Waals surface area contributed by atoms with Crippen LogP contribution in [0.15, 0.2) is 0 Å². The van der Waals surface area contributed by atoms with Gasteiger partial charge in [-0.25, -0.2) is 0 Å². The molecular weight excluding hydrogens is 222 g/mol. The fraction of sp³-hybridized carbons (Fsp3) is 1.00. The molecule has 0 radical (unpaired) electrons. The van der Waals surface area contributed by atoms with Crippen molar-refractivity contribution in [2.45, 2.75) is 71.8 Å². The van der Waals surface area contributed by atoms with Gasteiger partial charge in [0.15, 0.2) is 0 Å². The number of rotatable bonds is 7. The van der Waals surface area contributed by atoms with Gasteiger partial charge in [0.05, 0.1) is 0 Å². The Morgan fingerprint density at radius 3 is 2.39 bits per heavy atom. The van der Waals surface area contributed by atoms with Gasteiger partial charge in [-0.15, -0.1) is 0 Å². The van der Waals surface area contributed by atoms with E-state index in [1.165, 1.54) is 38.5 Å². The summed E-state index contributed by atoms with van der Waals surface area (Å²) in [6.45, 7) is 8.98. The lowest BCUT2D eigenvalue weighted by Crippen LogP contribution is -2.44. The lowest BCUT2D eigenvalue weighted by Gasteiger charge is -2.39. The molecule has 2 N–H and O–H groups in total. The van der Waals surface area contributed by atoms with Crippen LogP contribution in [0.1, 0.15) is 65.7 Å². The van der Waals surface area contributed by atoms with Crippen LogP contribution in [-0.4, -0.2) is 24.3 Å². The van der Waals surface area contributed by atoms with E-state index >= 15 is 0 Å². The molecule has 2 saturated carbocycles. The Hall–Kier alpha value is -0.0800.